The summed E-state index contributed by atoms with van der Waals surface area (Å²) in [5.74, 6) is 0.563. The van der Waals surface area contributed by atoms with Gasteiger partial charge in [0.15, 0.2) is 0 Å². The molecule has 1 N–H and O–H groups in total. The minimum atomic E-state index is -0.464. The maximum absolute atomic E-state index is 12.6. The van der Waals surface area contributed by atoms with Gasteiger partial charge >= 0.3 is 0 Å². The SMILES string of the molecule is Cc1ccc(-c2ccccc2)n1-c1ccc(C(=O)N/N=C\c2ccc(-c3ccc([N+](=O)[O-])cc3Br)o2)cc1. The average Bonchev–Trinajstić information content (AvgIpc) is 3.55. The zero-order valence-corrected chi connectivity index (χ0v) is 21.8. The summed E-state index contributed by atoms with van der Waals surface area (Å²) in [6.45, 7) is 2.04. The number of aryl methyl sites for hydroxylation is 1. The quantitative estimate of drug-likeness (QED) is 0.128. The number of nitro groups is 1. The van der Waals surface area contributed by atoms with Crippen molar-refractivity contribution in [1.82, 2.24) is 9.99 Å². The number of nitro benzene ring substituents is 1. The van der Waals surface area contributed by atoms with Crippen molar-refractivity contribution in [3.05, 3.63) is 129 Å². The molecule has 3 aromatic carbocycles. The fourth-order valence-electron chi connectivity index (χ4n) is 4.08. The first kappa shape index (κ1) is 24.9. The average molecular weight is 569 g/mol. The third-order valence-corrected chi connectivity index (χ3v) is 6.60. The van der Waals surface area contributed by atoms with Gasteiger partial charge in [0.25, 0.3) is 11.6 Å². The molecule has 0 aliphatic carbocycles. The molecular formula is C29H21BrN4O4. The van der Waals surface area contributed by atoms with E-state index < -0.39 is 4.92 Å². The summed E-state index contributed by atoms with van der Waals surface area (Å²) in [4.78, 5) is 23.1. The van der Waals surface area contributed by atoms with E-state index in [0.717, 1.165) is 22.6 Å². The molecule has 2 aromatic heterocycles. The maximum atomic E-state index is 12.6. The van der Waals surface area contributed by atoms with Crippen LogP contribution in [0.2, 0.25) is 0 Å². The highest BCUT2D eigenvalue weighted by Crippen LogP contribution is 2.32. The van der Waals surface area contributed by atoms with Gasteiger partial charge in [-0.3, -0.25) is 14.9 Å². The number of benzene rings is 3. The first-order valence-electron chi connectivity index (χ1n) is 11.6. The van der Waals surface area contributed by atoms with Gasteiger partial charge in [0.2, 0.25) is 0 Å². The van der Waals surface area contributed by atoms with Gasteiger partial charge in [-0.05, 0) is 83.0 Å². The molecule has 5 aromatic rings. The van der Waals surface area contributed by atoms with Gasteiger partial charge in [-0.1, -0.05) is 30.3 Å². The first-order chi connectivity index (χ1) is 18.4. The second-order valence-corrected chi connectivity index (χ2v) is 9.29. The van der Waals surface area contributed by atoms with Crippen molar-refractivity contribution in [3.63, 3.8) is 0 Å². The zero-order chi connectivity index (χ0) is 26.6. The Bertz CT molecular complexity index is 1650. The number of furan rings is 1. The Morgan fingerprint density at radius 3 is 2.47 bits per heavy atom. The van der Waals surface area contributed by atoms with E-state index in [-0.39, 0.29) is 11.6 Å². The van der Waals surface area contributed by atoms with Gasteiger partial charge in [-0.25, -0.2) is 5.43 Å². The fraction of sp³-hybridized carbons (Fsp3) is 0.0345. The molecule has 0 fully saturated rings. The van der Waals surface area contributed by atoms with E-state index in [1.807, 2.05) is 37.3 Å². The van der Waals surface area contributed by atoms with Crippen molar-refractivity contribution in [2.24, 2.45) is 5.10 Å². The van der Waals surface area contributed by atoms with Gasteiger partial charge in [0, 0.05) is 39.1 Å². The third-order valence-electron chi connectivity index (χ3n) is 5.95. The molecule has 0 saturated heterocycles. The number of aromatic nitrogens is 1. The number of nitrogens with zero attached hydrogens (tertiary/aromatic N) is 3. The number of hydrogen-bond donors (Lipinski definition) is 1. The van der Waals surface area contributed by atoms with Crippen LogP contribution in [-0.2, 0) is 0 Å². The molecule has 9 heteroatoms. The molecule has 0 radical (unpaired) electrons. The number of rotatable bonds is 7. The van der Waals surface area contributed by atoms with Crippen molar-refractivity contribution in [1.29, 1.82) is 0 Å². The largest absolute Gasteiger partial charge is 0.455 e. The Morgan fingerprint density at radius 1 is 1.00 bits per heavy atom. The van der Waals surface area contributed by atoms with Crippen LogP contribution in [0.1, 0.15) is 21.8 Å². The Labute approximate surface area is 226 Å². The monoisotopic (exact) mass is 568 g/mol. The van der Waals surface area contributed by atoms with Gasteiger partial charge in [-0.15, -0.1) is 0 Å². The van der Waals surface area contributed by atoms with Crippen LogP contribution >= 0.6 is 15.9 Å². The lowest BCUT2D eigenvalue weighted by Gasteiger charge is -2.12. The molecule has 8 nitrogen and oxygen atoms in total. The van der Waals surface area contributed by atoms with Crippen LogP contribution < -0.4 is 5.43 Å². The van der Waals surface area contributed by atoms with Crippen molar-refractivity contribution in [3.8, 4) is 28.3 Å². The van der Waals surface area contributed by atoms with E-state index in [0.29, 0.717) is 27.1 Å². The van der Waals surface area contributed by atoms with Gasteiger partial charge in [0.05, 0.1) is 16.8 Å². The molecule has 38 heavy (non-hydrogen) atoms. The summed E-state index contributed by atoms with van der Waals surface area (Å²) in [6.07, 6.45) is 1.39. The smallest absolute Gasteiger partial charge is 0.271 e. The van der Waals surface area contributed by atoms with E-state index in [2.05, 4.69) is 55.3 Å². The molecule has 2 heterocycles. The lowest BCUT2D eigenvalue weighted by atomic mass is 10.1. The molecule has 188 valence electrons. The maximum Gasteiger partial charge on any atom is 0.271 e. The molecule has 0 saturated carbocycles. The fourth-order valence-corrected chi connectivity index (χ4v) is 4.64. The second-order valence-electron chi connectivity index (χ2n) is 8.43. The lowest BCUT2D eigenvalue weighted by Crippen LogP contribution is -2.17. The molecular weight excluding hydrogens is 548 g/mol. The van der Waals surface area contributed by atoms with E-state index in [1.165, 1.54) is 18.3 Å². The van der Waals surface area contributed by atoms with E-state index >= 15 is 0 Å². The Hall–Kier alpha value is -4.76. The molecule has 0 atom stereocenters. The highest BCUT2D eigenvalue weighted by molar-refractivity contribution is 9.10. The van der Waals surface area contributed by atoms with Crippen LogP contribution in [0.4, 0.5) is 5.69 Å². The summed E-state index contributed by atoms with van der Waals surface area (Å²) in [5, 5.41) is 14.9. The first-order valence-corrected chi connectivity index (χ1v) is 12.4. The van der Waals surface area contributed by atoms with Crippen LogP contribution in [0.15, 0.2) is 111 Å². The summed E-state index contributed by atoms with van der Waals surface area (Å²) in [6, 6.07) is 29.4. The van der Waals surface area contributed by atoms with Crippen LogP contribution in [0.3, 0.4) is 0 Å². The lowest BCUT2D eigenvalue weighted by molar-refractivity contribution is -0.384. The normalized spacial score (nSPS) is 11.1. The van der Waals surface area contributed by atoms with E-state index in [4.69, 9.17) is 4.42 Å². The number of hydrazone groups is 1. The van der Waals surface area contributed by atoms with Crippen LogP contribution in [-0.4, -0.2) is 21.6 Å². The van der Waals surface area contributed by atoms with Crippen molar-refractivity contribution >= 4 is 33.7 Å². The van der Waals surface area contributed by atoms with Gasteiger partial charge in [0.1, 0.15) is 11.5 Å². The highest BCUT2D eigenvalue weighted by atomic mass is 79.9. The predicted molar refractivity (Wildman–Crippen MR) is 150 cm³/mol. The molecule has 0 spiro atoms. The summed E-state index contributed by atoms with van der Waals surface area (Å²) < 4.78 is 8.43. The van der Waals surface area contributed by atoms with Crippen molar-refractivity contribution in [2.45, 2.75) is 6.92 Å². The summed E-state index contributed by atoms with van der Waals surface area (Å²) in [7, 11) is 0. The standard InChI is InChI=1S/C29H21BrN4O4/c1-19-7-15-27(20-5-3-2-4-6-20)33(19)22-10-8-21(9-11-22)29(35)32-31-18-24-13-16-28(38-24)25-14-12-23(34(36)37)17-26(25)30/h2-18H,1H3,(H,32,35)/b31-18-. The number of amides is 1. The second kappa shape index (κ2) is 10.7. The number of non-ortho nitro benzene ring substituents is 1. The highest BCUT2D eigenvalue weighted by Gasteiger charge is 2.14. The molecule has 0 aliphatic rings. The van der Waals surface area contributed by atoms with Crippen LogP contribution in [0, 0.1) is 17.0 Å². The Kier molecular flexibility index (Phi) is 7.01. The number of carbonyl (C=O) groups is 1. The predicted octanol–water partition coefficient (Wildman–Crippen LogP) is 7.15. The van der Waals surface area contributed by atoms with Crippen molar-refractivity contribution in [2.75, 3.05) is 0 Å². The minimum Gasteiger partial charge on any atom is -0.455 e. The third kappa shape index (κ3) is 5.18. The number of hydrogen-bond acceptors (Lipinski definition) is 5. The van der Waals surface area contributed by atoms with Gasteiger partial charge < -0.3 is 8.98 Å². The van der Waals surface area contributed by atoms with Crippen LogP contribution in [0.5, 0.6) is 0 Å². The summed E-state index contributed by atoms with van der Waals surface area (Å²) in [5.41, 5.74) is 7.83. The van der Waals surface area contributed by atoms with Crippen molar-refractivity contribution < 1.29 is 14.1 Å². The topological polar surface area (TPSA) is 103 Å². The van der Waals surface area contributed by atoms with E-state index in [1.54, 1.807) is 30.3 Å². The molecule has 5 rings (SSSR count). The van der Waals surface area contributed by atoms with Crippen LogP contribution in [0.25, 0.3) is 28.3 Å². The molecule has 0 unspecified atom stereocenters. The van der Waals surface area contributed by atoms with E-state index in [9.17, 15) is 14.9 Å². The Balaban J connectivity index is 1.26. The summed E-state index contributed by atoms with van der Waals surface area (Å²) >= 11 is 3.34. The zero-order valence-electron chi connectivity index (χ0n) is 20.2. The van der Waals surface area contributed by atoms with Gasteiger partial charge in [-0.2, -0.15) is 5.10 Å². The number of carbonyl (C=O) groups excluding carboxylic acids is 1. The molecule has 1 amide bonds. The molecule has 0 aliphatic heterocycles. The number of nitrogens with one attached hydrogen (secondary N) is 1. The molecule has 0 bridgehead atoms. The number of halogens is 1. The Morgan fingerprint density at radius 2 is 1.76 bits per heavy atom. The minimum absolute atomic E-state index is 0.0233.